The van der Waals surface area contributed by atoms with E-state index in [4.69, 9.17) is 9.90 Å². The lowest BCUT2D eigenvalue weighted by Crippen LogP contribution is -2.49. The van der Waals surface area contributed by atoms with E-state index in [9.17, 15) is 13.2 Å². The van der Waals surface area contributed by atoms with Crippen molar-refractivity contribution in [1.82, 2.24) is 14.9 Å². The van der Waals surface area contributed by atoms with Gasteiger partial charge in [0.25, 0.3) is 0 Å². The minimum Gasteiger partial charge on any atom is -0.475 e. The summed E-state index contributed by atoms with van der Waals surface area (Å²) in [6.07, 6.45) is 5.70. The number of carboxylic acids is 1. The largest absolute Gasteiger partial charge is 0.490 e. The normalized spacial score (nSPS) is 20.7. The van der Waals surface area contributed by atoms with Gasteiger partial charge in [-0.25, -0.2) is 9.78 Å². The number of hydrogen-bond acceptors (Lipinski definition) is 5. The molecule has 0 atom stereocenters. The van der Waals surface area contributed by atoms with E-state index in [1.165, 1.54) is 45.3 Å². The van der Waals surface area contributed by atoms with Crippen molar-refractivity contribution >= 4 is 11.8 Å². The molecule has 0 amide bonds. The zero-order valence-electron chi connectivity index (χ0n) is 14.2. The number of nitrogens with zero attached hydrogens (tertiary/aromatic N) is 4. The smallest absolute Gasteiger partial charge is 0.475 e. The summed E-state index contributed by atoms with van der Waals surface area (Å²) in [6.45, 7) is 4.79. The molecule has 0 radical (unpaired) electrons. The van der Waals surface area contributed by atoms with Crippen LogP contribution in [0.1, 0.15) is 25.7 Å². The van der Waals surface area contributed by atoms with Gasteiger partial charge in [0, 0.05) is 25.5 Å². The Morgan fingerprint density at radius 3 is 2.36 bits per heavy atom. The Balaban J connectivity index is 0.000000277. The van der Waals surface area contributed by atoms with Crippen LogP contribution >= 0.6 is 0 Å². The van der Waals surface area contributed by atoms with Crippen molar-refractivity contribution in [1.29, 1.82) is 0 Å². The number of rotatable bonds is 1. The molecule has 1 N–H and O–H groups in total. The molecule has 0 aromatic carbocycles. The topological polar surface area (TPSA) is 69.6 Å². The van der Waals surface area contributed by atoms with Crippen LogP contribution in [0.2, 0.25) is 0 Å². The molecule has 1 aromatic rings. The first-order valence-electron chi connectivity index (χ1n) is 8.21. The number of aromatic nitrogens is 2. The highest BCUT2D eigenvalue weighted by molar-refractivity contribution is 5.73. The molecule has 0 bridgehead atoms. The van der Waals surface area contributed by atoms with Crippen LogP contribution in [0.15, 0.2) is 18.6 Å². The molecule has 1 aromatic heterocycles. The zero-order chi connectivity index (χ0) is 18.5. The molecule has 25 heavy (non-hydrogen) atoms. The number of anilines is 1. The van der Waals surface area contributed by atoms with Crippen LogP contribution in [-0.2, 0) is 4.79 Å². The first-order valence-corrected chi connectivity index (χ1v) is 8.21. The first kappa shape index (κ1) is 19.4. The van der Waals surface area contributed by atoms with E-state index in [2.05, 4.69) is 26.8 Å². The molecule has 6 nitrogen and oxygen atoms in total. The van der Waals surface area contributed by atoms with Crippen molar-refractivity contribution < 1.29 is 23.1 Å². The summed E-state index contributed by atoms with van der Waals surface area (Å²) in [4.78, 5) is 22.4. The van der Waals surface area contributed by atoms with Crippen LogP contribution in [0.3, 0.4) is 0 Å². The van der Waals surface area contributed by atoms with Crippen LogP contribution < -0.4 is 4.90 Å². The van der Waals surface area contributed by atoms with Crippen LogP contribution in [-0.4, -0.2) is 65.3 Å². The average molecular weight is 360 g/mol. The maximum absolute atomic E-state index is 10.6. The van der Waals surface area contributed by atoms with Gasteiger partial charge < -0.3 is 14.9 Å². The van der Waals surface area contributed by atoms with E-state index in [1.54, 1.807) is 12.4 Å². The second kappa shape index (κ2) is 7.99. The van der Waals surface area contributed by atoms with Crippen molar-refractivity contribution in [3.8, 4) is 0 Å². The number of hydrogen-bond donors (Lipinski definition) is 1. The molecule has 0 saturated carbocycles. The predicted molar refractivity (Wildman–Crippen MR) is 86.3 cm³/mol. The molecular weight excluding hydrogens is 337 g/mol. The number of carboxylic acid groups (broad SMARTS) is 1. The Bertz CT molecular complexity index is 560. The van der Waals surface area contributed by atoms with Gasteiger partial charge in [-0.1, -0.05) is 0 Å². The van der Waals surface area contributed by atoms with Crippen molar-refractivity contribution in [2.24, 2.45) is 5.41 Å². The van der Waals surface area contributed by atoms with Crippen molar-refractivity contribution in [2.45, 2.75) is 31.9 Å². The maximum Gasteiger partial charge on any atom is 0.490 e. The number of likely N-dealkylation sites (tertiary alicyclic amines) is 1. The van der Waals surface area contributed by atoms with Gasteiger partial charge in [0.2, 0.25) is 0 Å². The van der Waals surface area contributed by atoms with Crippen molar-refractivity contribution in [2.75, 3.05) is 38.1 Å². The highest BCUT2D eigenvalue weighted by atomic mass is 19.4. The van der Waals surface area contributed by atoms with E-state index in [0.717, 1.165) is 12.4 Å². The summed E-state index contributed by atoms with van der Waals surface area (Å²) in [5.74, 6) is -1.71. The van der Waals surface area contributed by atoms with Crippen LogP contribution in [0.25, 0.3) is 0 Å². The van der Waals surface area contributed by atoms with E-state index >= 15 is 0 Å². The minimum absolute atomic E-state index is 0.530. The molecule has 0 aliphatic carbocycles. The molecule has 140 valence electrons. The lowest BCUT2D eigenvalue weighted by molar-refractivity contribution is -0.192. The monoisotopic (exact) mass is 360 g/mol. The fourth-order valence-corrected chi connectivity index (χ4v) is 3.36. The summed E-state index contributed by atoms with van der Waals surface area (Å²) in [5, 5.41) is 7.12. The van der Waals surface area contributed by atoms with Crippen LogP contribution in [0.4, 0.5) is 19.0 Å². The molecule has 2 fully saturated rings. The fraction of sp³-hybridized carbons (Fsp3) is 0.688. The number of piperidine rings is 2. The van der Waals surface area contributed by atoms with Gasteiger partial charge in [0.1, 0.15) is 5.82 Å². The summed E-state index contributed by atoms with van der Waals surface area (Å²) >= 11 is 0. The summed E-state index contributed by atoms with van der Waals surface area (Å²) in [7, 11) is 2.23. The quantitative estimate of drug-likeness (QED) is 0.830. The Hall–Kier alpha value is -1.90. The molecule has 1 spiro atoms. The third kappa shape index (κ3) is 5.55. The molecule has 9 heteroatoms. The Morgan fingerprint density at radius 1 is 1.20 bits per heavy atom. The first-order chi connectivity index (χ1) is 11.7. The van der Waals surface area contributed by atoms with Gasteiger partial charge in [0.05, 0.1) is 6.20 Å². The van der Waals surface area contributed by atoms with Gasteiger partial charge in [-0.2, -0.15) is 13.2 Å². The van der Waals surface area contributed by atoms with Crippen molar-refractivity contribution in [3.63, 3.8) is 0 Å². The Labute approximate surface area is 144 Å². The summed E-state index contributed by atoms with van der Waals surface area (Å²) < 4.78 is 31.7. The second-order valence-corrected chi connectivity index (χ2v) is 6.69. The van der Waals surface area contributed by atoms with Crippen LogP contribution in [0, 0.1) is 5.41 Å². The third-order valence-corrected chi connectivity index (χ3v) is 4.83. The van der Waals surface area contributed by atoms with Crippen molar-refractivity contribution in [3.05, 3.63) is 18.6 Å². The molecule has 0 unspecified atom stereocenters. The van der Waals surface area contributed by atoms with Gasteiger partial charge in [0.15, 0.2) is 0 Å². The van der Waals surface area contributed by atoms with Gasteiger partial charge in [-0.05, 0) is 51.2 Å². The number of halogens is 3. The van der Waals surface area contributed by atoms with Gasteiger partial charge in [-0.15, -0.1) is 0 Å². The van der Waals surface area contributed by atoms with E-state index < -0.39 is 12.1 Å². The van der Waals surface area contributed by atoms with E-state index in [1.807, 2.05) is 6.20 Å². The predicted octanol–water partition coefficient (Wildman–Crippen LogP) is 2.42. The standard InChI is InChI=1S/C14H22N4.C2HF3O2/c1-17-9-4-14(5-10-17)3-2-8-18(12-14)13-11-15-6-7-16-13;3-2(4,5)1(6)7/h6-7,11H,2-5,8-10,12H2,1H3;(H,6,7). The minimum atomic E-state index is -5.08. The lowest BCUT2D eigenvalue weighted by atomic mass is 9.72. The Kier molecular flexibility index (Phi) is 6.21. The molecule has 3 heterocycles. The molecule has 3 rings (SSSR count). The number of aliphatic carboxylic acids is 1. The van der Waals surface area contributed by atoms with Gasteiger partial charge in [-0.3, -0.25) is 4.98 Å². The van der Waals surface area contributed by atoms with Crippen LogP contribution in [0.5, 0.6) is 0 Å². The van der Waals surface area contributed by atoms with E-state index in [0.29, 0.717) is 5.41 Å². The number of alkyl halides is 3. The SMILES string of the molecule is CN1CCC2(CCCN(c3cnccn3)C2)CC1.O=C(O)C(F)(F)F. The number of carbonyl (C=O) groups is 1. The highest BCUT2D eigenvalue weighted by Crippen LogP contribution is 2.40. The average Bonchev–Trinajstić information content (AvgIpc) is 2.59. The third-order valence-electron chi connectivity index (χ3n) is 4.83. The lowest BCUT2D eigenvalue weighted by Gasteiger charge is -2.47. The summed E-state index contributed by atoms with van der Waals surface area (Å²) in [6, 6.07) is 0. The van der Waals surface area contributed by atoms with E-state index in [-0.39, 0.29) is 0 Å². The zero-order valence-corrected chi connectivity index (χ0v) is 14.2. The molecular formula is C16H23F3N4O2. The molecule has 2 aliphatic rings. The summed E-state index contributed by atoms with van der Waals surface area (Å²) in [5.41, 5.74) is 0.530. The second-order valence-electron chi connectivity index (χ2n) is 6.69. The van der Waals surface area contributed by atoms with Gasteiger partial charge >= 0.3 is 12.1 Å². The Morgan fingerprint density at radius 2 is 1.84 bits per heavy atom. The fourth-order valence-electron chi connectivity index (χ4n) is 3.36. The highest BCUT2D eigenvalue weighted by Gasteiger charge is 2.38. The maximum atomic E-state index is 10.6. The molecule has 2 aliphatic heterocycles. The molecule has 2 saturated heterocycles.